The Morgan fingerprint density at radius 2 is 1.44 bits per heavy atom. The average molecular weight is 309 g/mol. The van der Waals surface area contributed by atoms with Gasteiger partial charge in [0.15, 0.2) is 0 Å². The Morgan fingerprint density at radius 1 is 1.06 bits per heavy atom. The van der Waals surface area contributed by atoms with Crippen molar-refractivity contribution in [3.8, 4) is 0 Å². The molecule has 0 atom stereocenters. The van der Waals surface area contributed by atoms with Crippen LogP contribution in [0.25, 0.3) is 0 Å². The summed E-state index contributed by atoms with van der Waals surface area (Å²) < 4.78 is 60.7. The number of likely N-dealkylation sites (tertiary alicyclic amines) is 1. The normalized spacial score (nSPS) is 19.1. The minimum Gasteiger partial charge on any atom is -0.326 e. The van der Waals surface area contributed by atoms with Crippen molar-refractivity contribution in [1.29, 1.82) is 0 Å². The van der Waals surface area contributed by atoms with Gasteiger partial charge in [-0.3, -0.25) is 0 Å². The molecule has 110 valence electrons. The lowest BCUT2D eigenvalue weighted by atomic mass is 10.4. The Bertz CT molecular complexity index is 414. The number of halogens is 2. The zero-order chi connectivity index (χ0) is 14.4. The highest BCUT2D eigenvalue weighted by Crippen LogP contribution is 2.15. The van der Waals surface area contributed by atoms with Crippen LogP contribution in [-0.2, 0) is 20.8 Å². The average Bonchev–Trinajstić information content (AvgIpc) is 2.46. The molecule has 1 N–H and O–H groups in total. The van der Waals surface area contributed by atoms with Gasteiger partial charge in [-0.25, -0.2) is 0 Å². The summed E-state index contributed by atoms with van der Waals surface area (Å²) in [5, 5.41) is 0. The quantitative estimate of drug-likeness (QED) is 0.610. The Morgan fingerprint density at radius 3 is 1.67 bits per heavy atom. The first kappa shape index (κ1) is 17.7. The number of hydrogen-bond acceptors (Lipinski definition) is 4. The molecule has 0 aromatic heterocycles. The van der Waals surface area contributed by atoms with Crippen molar-refractivity contribution < 1.29 is 29.1 Å². The zero-order valence-electron chi connectivity index (χ0n) is 10.4. The molecule has 1 heterocycles. The highest BCUT2D eigenvalue weighted by molar-refractivity contribution is 7.99. The van der Waals surface area contributed by atoms with E-state index in [1.54, 1.807) is 0 Å². The minimum atomic E-state index is -5.49. The van der Waals surface area contributed by atoms with Gasteiger partial charge in [0.1, 0.15) is 0 Å². The molecular formula is C8H19F2N2O4S2+. The van der Waals surface area contributed by atoms with Gasteiger partial charge in [0.05, 0.1) is 26.7 Å². The molecule has 0 radical (unpaired) electrons. The Hall–Kier alpha value is -0.320. The van der Waals surface area contributed by atoms with E-state index in [1.165, 1.54) is 43.4 Å². The minimum absolute atomic E-state index is 0.0694. The molecular weight excluding hydrogens is 290 g/mol. The first-order valence-electron chi connectivity index (χ1n) is 5.49. The van der Waals surface area contributed by atoms with E-state index in [2.05, 4.69) is 14.0 Å². The Labute approximate surface area is 107 Å². The van der Waals surface area contributed by atoms with Crippen molar-refractivity contribution in [2.75, 3.05) is 26.7 Å². The molecule has 0 saturated carbocycles. The fourth-order valence-corrected chi connectivity index (χ4v) is 2.93. The van der Waals surface area contributed by atoms with Crippen LogP contribution in [0.4, 0.5) is 7.77 Å². The van der Waals surface area contributed by atoms with Crippen molar-refractivity contribution in [2.45, 2.75) is 26.2 Å². The molecule has 0 aromatic rings. The van der Waals surface area contributed by atoms with Crippen LogP contribution in [0.1, 0.15) is 26.2 Å². The van der Waals surface area contributed by atoms with Crippen LogP contribution in [0.15, 0.2) is 0 Å². The lowest BCUT2D eigenvalue weighted by Gasteiger charge is -2.28. The third-order valence-corrected chi connectivity index (χ3v) is 4.20. The monoisotopic (exact) mass is 309 g/mol. The molecule has 1 saturated heterocycles. The van der Waals surface area contributed by atoms with Gasteiger partial charge in [0.2, 0.25) is 0 Å². The fraction of sp³-hybridized carbons (Fsp3) is 1.00. The van der Waals surface area contributed by atoms with Gasteiger partial charge in [-0.15, -0.1) is 0 Å². The lowest BCUT2D eigenvalue weighted by molar-refractivity contribution is -0.897. The summed E-state index contributed by atoms with van der Waals surface area (Å²) in [6, 6.07) is 0. The molecule has 1 aliphatic heterocycles. The third-order valence-electron chi connectivity index (χ3n) is 2.61. The maximum absolute atomic E-state index is 11.1. The molecule has 0 unspecified atom stereocenters. The Kier molecular flexibility index (Phi) is 6.61. The molecule has 0 spiro atoms. The molecule has 1 rings (SSSR count). The molecule has 0 aromatic carbocycles. The maximum atomic E-state index is 11.1. The zero-order valence-corrected chi connectivity index (χ0v) is 12.0. The highest BCUT2D eigenvalue weighted by Gasteiger charge is 2.24. The van der Waals surface area contributed by atoms with Crippen LogP contribution in [0, 0.1) is 0 Å². The van der Waals surface area contributed by atoms with Gasteiger partial charge in [-0.05, 0) is 6.42 Å². The smallest absolute Gasteiger partial charge is 0.326 e. The predicted molar refractivity (Wildman–Crippen MR) is 63.5 cm³/mol. The van der Waals surface area contributed by atoms with E-state index in [0.717, 1.165) is 0 Å². The number of nitrogens with zero attached hydrogens (tertiary/aromatic N) is 1. The van der Waals surface area contributed by atoms with Crippen molar-refractivity contribution in [3.05, 3.63) is 0 Å². The second-order valence-electron chi connectivity index (χ2n) is 4.46. The summed E-state index contributed by atoms with van der Waals surface area (Å²) >= 11 is 0. The summed E-state index contributed by atoms with van der Waals surface area (Å²) in [5.41, 5.74) is 0. The summed E-state index contributed by atoms with van der Waals surface area (Å²) in [7, 11) is -8.60. The molecule has 0 amide bonds. The van der Waals surface area contributed by atoms with Gasteiger partial charge in [-0.2, -0.15) is 16.8 Å². The van der Waals surface area contributed by atoms with Crippen molar-refractivity contribution in [1.82, 2.24) is 4.13 Å². The van der Waals surface area contributed by atoms with Crippen LogP contribution in [-0.4, -0.2) is 48.0 Å². The van der Waals surface area contributed by atoms with Crippen molar-refractivity contribution in [3.63, 3.8) is 0 Å². The molecule has 1 fully saturated rings. The topological polar surface area (TPSA) is 80.3 Å². The standard InChI is InChI=1S/C8H18N.F2HNO4S2/c1-3-6-9(2)7-4-5-8-9;1-8(4,5)3-9(2,6)7/h3-8H2,1-2H3;3H/q+1;. The first-order chi connectivity index (χ1) is 7.97. The van der Waals surface area contributed by atoms with Crippen LogP contribution < -0.4 is 4.13 Å². The van der Waals surface area contributed by atoms with E-state index >= 15 is 0 Å². The Balaban J connectivity index is 0.000000321. The van der Waals surface area contributed by atoms with E-state index in [1.807, 2.05) is 0 Å². The molecule has 1 aliphatic rings. The number of hydrogen-bond donors (Lipinski definition) is 1. The van der Waals surface area contributed by atoms with Gasteiger partial charge >= 0.3 is 20.8 Å². The van der Waals surface area contributed by atoms with E-state index < -0.39 is 20.8 Å². The predicted octanol–water partition coefficient (Wildman–Crippen LogP) is 0.641. The molecule has 18 heavy (non-hydrogen) atoms. The lowest BCUT2D eigenvalue weighted by Crippen LogP contribution is -2.41. The van der Waals surface area contributed by atoms with Crippen LogP contribution in [0.3, 0.4) is 0 Å². The van der Waals surface area contributed by atoms with Crippen LogP contribution in [0.5, 0.6) is 0 Å². The molecule has 6 nitrogen and oxygen atoms in total. The fourth-order valence-electron chi connectivity index (χ4n) is 1.98. The van der Waals surface area contributed by atoms with Crippen LogP contribution in [0.2, 0.25) is 0 Å². The molecule has 0 bridgehead atoms. The summed E-state index contributed by atoms with van der Waals surface area (Å²) in [5.74, 6) is 0. The van der Waals surface area contributed by atoms with E-state index in [4.69, 9.17) is 0 Å². The van der Waals surface area contributed by atoms with E-state index in [9.17, 15) is 24.6 Å². The highest BCUT2D eigenvalue weighted by atomic mass is 32.3. The van der Waals surface area contributed by atoms with E-state index in [0.29, 0.717) is 0 Å². The number of nitrogens with one attached hydrogen (secondary N) is 1. The molecule has 0 aliphatic carbocycles. The second kappa shape index (κ2) is 6.73. The molecule has 10 heteroatoms. The summed E-state index contributed by atoms with van der Waals surface area (Å²) in [6.07, 6.45) is 4.25. The van der Waals surface area contributed by atoms with Gasteiger partial charge < -0.3 is 4.48 Å². The van der Waals surface area contributed by atoms with Gasteiger partial charge in [0.25, 0.3) is 0 Å². The van der Waals surface area contributed by atoms with Crippen molar-refractivity contribution in [2.24, 2.45) is 0 Å². The summed E-state index contributed by atoms with van der Waals surface area (Å²) in [4.78, 5) is 0. The second-order valence-corrected chi connectivity index (χ2v) is 6.87. The maximum Gasteiger partial charge on any atom is 0.387 e. The number of rotatable bonds is 4. The third kappa shape index (κ3) is 9.68. The van der Waals surface area contributed by atoms with E-state index in [-0.39, 0.29) is 4.13 Å². The first-order valence-corrected chi connectivity index (χ1v) is 8.25. The SMILES string of the molecule is CCC[N+]1(C)CCCC1.O=S(=O)(F)NS(=O)(=O)F. The van der Waals surface area contributed by atoms with Gasteiger partial charge in [0, 0.05) is 12.8 Å². The van der Waals surface area contributed by atoms with Gasteiger partial charge in [-0.1, -0.05) is 18.8 Å². The summed E-state index contributed by atoms with van der Waals surface area (Å²) in [6.45, 7) is 6.52. The number of quaternary nitrogens is 1. The van der Waals surface area contributed by atoms with Crippen LogP contribution >= 0.6 is 0 Å². The van der Waals surface area contributed by atoms with Crippen molar-refractivity contribution >= 4 is 20.8 Å². The largest absolute Gasteiger partial charge is 0.387 e.